The number of nitrogens with one attached hydrogen (secondary N) is 1. The highest BCUT2D eigenvalue weighted by Gasteiger charge is 2.26. The molecule has 0 aromatic carbocycles. The Balaban J connectivity index is 1.90. The first-order valence-electron chi connectivity index (χ1n) is 6.40. The standard InChI is InChI=1S/C12H21N5O2/c1-12(2,19)8-16-3-5-17(6-4-16)11(18)10-9(13)7-14-15-10/h7,19H,3-6,8,13H2,1-2H3,(H,14,15). The largest absolute Gasteiger partial charge is 0.396 e. The van der Waals surface area contributed by atoms with Crippen LogP contribution in [0.5, 0.6) is 0 Å². The van der Waals surface area contributed by atoms with Gasteiger partial charge in [-0.05, 0) is 13.8 Å². The Morgan fingerprint density at radius 3 is 2.58 bits per heavy atom. The molecule has 2 rings (SSSR count). The number of amides is 1. The molecule has 1 amide bonds. The summed E-state index contributed by atoms with van der Waals surface area (Å²) < 4.78 is 0. The first kappa shape index (κ1) is 13.8. The van der Waals surface area contributed by atoms with Crippen LogP contribution in [-0.4, -0.2) is 69.3 Å². The summed E-state index contributed by atoms with van der Waals surface area (Å²) in [6.07, 6.45) is 1.44. The van der Waals surface area contributed by atoms with Gasteiger partial charge in [0.25, 0.3) is 5.91 Å². The van der Waals surface area contributed by atoms with Gasteiger partial charge in [0.2, 0.25) is 0 Å². The van der Waals surface area contributed by atoms with Crippen LogP contribution >= 0.6 is 0 Å². The van der Waals surface area contributed by atoms with E-state index in [1.165, 1.54) is 6.20 Å². The van der Waals surface area contributed by atoms with Crippen molar-refractivity contribution in [3.8, 4) is 0 Å². The molecule has 1 aromatic rings. The lowest BCUT2D eigenvalue weighted by atomic mass is 10.1. The lowest BCUT2D eigenvalue weighted by Gasteiger charge is -2.37. The highest BCUT2D eigenvalue weighted by molar-refractivity contribution is 5.97. The number of anilines is 1. The van der Waals surface area contributed by atoms with Gasteiger partial charge >= 0.3 is 0 Å². The topological polar surface area (TPSA) is 98.5 Å². The molecular formula is C12H21N5O2. The van der Waals surface area contributed by atoms with Crippen molar-refractivity contribution in [2.24, 2.45) is 0 Å². The Morgan fingerprint density at radius 2 is 2.11 bits per heavy atom. The maximum absolute atomic E-state index is 12.2. The molecule has 0 bridgehead atoms. The summed E-state index contributed by atoms with van der Waals surface area (Å²) in [7, 11) is 0. The van der Waals surface area contributed by atoms with Crippen LogP contribution in [0.25, 0.3) is 0 Å². The Kier molecular flexibility index (Phi) is 3.77. The molecule has 19 heavy (non-hydrogen) atoms. The molecule has 0 saturated carbocycles. The second-order valence-electron chi connectivity index (χ2n) is 5.58. The molecule has 1 aliphatic heterocycles. The molecule has 106 valence electrons. The number of carbonyl (C=O) groups excluding carboxylic acids is 1. The van der Waals surface area contributed by atoms with E-state index in [0.717, 1.165) is 13.1 Å². The van der Waals surface area contributed by atoms with Crippen LogP contribution in [-0.2, 0) is 0 Å². The van der Waals surface area contributed by atoms with Gasteiger partial charge in [-0.1, -0.05) is 0 Å². The molecule has 0 atom stereocenters. The number of rotatable bonds is 3. The predicted octanol–water partition coefficient (Wildman–Crippen LogP) is -0.479. The molecule has 1 aliphatic rings. The zero-order valence-electron chi connectivity index (χ0n) is 11.4. The minimum Gasteiger partial charge on any atom is -0.396 e. The zero-order chi connectivity index (χ0) is 14.0. The number of nitrogens with zero attached hydrogens (tertiary/aromatic N) is 3. The molecule has 0 radical (unpaired) electrons. The van der Waals surface area contributed by atoms with Crippen molar-refractivity contribution in [2.75, 3.05) is 38.5 Å². The molecule has 0 spiro atoms. The molecule has 2 heterocycles. The summed E-state index contributed by atoms with van der Waals surface area (Å²) in [5.74, 6) is -0.113. The Labute approximate surface area is 112 Å². The van der Waals surface area contributed by atoms with Crippen molar-refractivity contribution in [3.63, 3.8) is 0 Å². The molecule has 7 nitrogen and oxygen atoms in total. The van der Waals surface area contributed by atoms with Crippen molar-refractivity contribution in [2.45, 2.75) is 19.4 Å². The normalized spacial score (nSPS) is 17.7. The molecule has 0 unspecified atom stereocenters. The minimum absolute atomic E-state index is 0.113. The van der Waals surface area contributed by atoms with E-state index in [0.29, 0.717) is 31.0 Å². The van der Waals surface area contributed by atoms with Crippen molar-refractivity contribution < 1.29 is 9.90 Å². The van der Waals surface area contributed by atoms with Gasteiger partial charge in [0.1, 0.15) is 5.69 Å². The predicted molar refractivity (Wildman–Crippen MR) is 71.6 cm³/mol. The highest BCUT2D eigenvalue weighted by atomic mass is 16.3. The van der Waals surface area contributed by atoms with Crippen molar-refractivity contribution in [3.05, 3.63) is 11.9 Å². The maximum atomic E-state index is 12.2. The van der Waals surface area contributed by atoms with Gasteiger partial charge in [0, 0.05) is 32.7 Å². The van der Waals surface area contributed by atoms with E-state index in [4.69, 9.17) is 5.73 Å². The lowest BCUT2D eigenvalue weighted by Crippen LogP contribution is -2.52. The van der Waals surface area contributed by atoms with Gasteiger partial charge in [0.15, 0.2) is 0 Å². The molecule has 0 aliphatic carbocycles. The summed E-state index contributed by atoms with van der Waals surface area (Å²) in [6, 6.07) is 0. The summed E-state index contributed by atoms with van der Waals surface area (Å²) in [6.45, 7) is 6.96. The number of nitrogens with two attached hydrogens (primary N) is 1. The van der Waals surface area contributed by atoms with Crippen molar-refractivity contribution in [1.82, 2.24) is 20.0 Å². The molecule has 1 fully saturated rings. The highest BCUT2D eigenvalue weighted by Crippen LogP contribution is 2.13. The van der Waals surface area contributed by atoms with Crippen LogP contribution in [0.15, 0.2) is 6.20 Å². The van der Waals surface area contributed by atoms with Crippen LogP contribution in [0.3, 0.4) is 0 Å². The number of piperazine rings is 1. The summed E-state index contributed by atoms with van der Waals surface area (Å²) in [4.78, 5) is 16.1. The van der Waals surface area contributed by atoms with Gasteiger partial charge < -0.3 is 15.7 Å². The van der Waals surface area contributed by atoms with Crippen molar-refractivity contribution in [1.29, 1.82) is 0 Å². The Morgan fingerprint density at radius 1 is 1.47 bits per heavy atom. The number of aromatic amines is 1. The van der Waals surface area contributed by atoms with E-state index < -0.39 is 5.60 Å². The van der Waals surface area contributed by atoms with E-state index >= 15 is 0 Å². The second-order valence-corrected chi connectivity index (χ2v) is 5.58. The fraction of sp³-hybridized carbons (Fsp3) is 0.667. The monoisotopic (exact) mass is 267 g/mol. The van der Waals surface area contributed by atoms with Gasteiger partial charge in [-0.15, -0.1) is 0 Å². The van der Waals surface area contributed by atoms with E-state index in [1.54, 1.807) is 18.7 Å². The average molecular weight is 267 g/mol. The number of carbonyl (C=O) groups is 1. The number of hydrogen-bond donors (Lipinski definition) is 3. The number of aliphatic hydroxyl groups is 1. The fourth-order valence-electron chi connectivity index (χ4n) is 2.28. The quantitative estimate of drug-likeness (QED) is 0.687. The molecular weight excluding hydrogens is 246 g/mol. The summed E-state index contributed by atoms with van der Waals surface area (Å²) in [5.41, 5.74) is 5.70. The summed E-state index contributed by atoms with van der Waals surface area (Å²) in [5, 5.41) is 16.2. The first-order chi connectivity index (χ1) is 8.87. The lowest BCUT2D eigenvalue weighted by molar-refractivity contribution is 0.0177. The number of hydrogen-bond acceptors (Lipinski definition) is 5. The molecule has 4 N–H and O–H groups in total. The van der Waals surface area contributed by atoms with Gasteiger partial charge in [-0.25, -0.2) is 0 Å². The molecule has 1 aromatic heterocycles. The molecule has 1 saturated heterocycles. The van der Waals surface area contributed by atoms with Gasteiger partial charge in [-0.2, -0.15) is 5.10 Å². The second kappa shape index (κ2) is 5.18. The van der Waals surface area contributed by atoms with Crippen LogP contribution in [0.2, 0.25) is 0 Å². The van der Waals surface area contributed by atoms with Crippen LogP contribution in [0, 0.1) is 0 Å². The van der Waals surface area contributed by atoms with Gasteiger partial charge in [0.05, 0.1) is 17.5 Å². The fourth-order valence-corrected chi connectivity index (χ4v) is 2.28. The van der Waals surface area contributed by atoms with E-state index in [1.807, 2.05) is 0 Å². The SMILES string of the molecule is CC(C)(O)CN1CCN(C(=O)c2[nH]ncc2N)CC1. The van der Waals surface area contributed by atoms with E-state index in [9.17, 15) is 9.90 Å². The smallest absolute Gasteiger partial charge is 0.274 e. The van der Waals surface area contributed by atoms with Gasteiger partial charge in [-0.3, -0.25) is 14.8 Å². The number of H-pyrrole nitrogens is 1. The number of β-amino-alcohol motifs (C(OH)–C–C–N with tert-alkyl or cyclic N) is 1. The third-order valence-electron chi connectivity index (χ3n) is 3.15. The molecule has 7 heteroatoms. The third-order valence-corrected chi connectivity index (χ3v) is 3.15. The first-order valence-corrected chi connectivity index (χ1v) is 6.40. The van der Waals surface area contributed by atoms with Crippen molar-refractivity contribution >= 4 is 11.6 Å². The summed E-state index contributed by atoms with van der Waals surface area (Å²) >= 11 is 0. The maximum Gasteiger partial charge on any atom is 0.274 e. The minimum atomic E-state index is -0.708. The van der Waals surface area contributed by atoms with Crippen LogP contribution < -0.4 is 5.73 Å². The zero-order valence-corrected chi connectivity index (χ0v) is 11.4. The van der Waals surface area contributed by atoms with E-state index in [-0.39, 0.29) is 5.91 Å². The van der Waals surface area contributed by atoms with Crippen LogP contribution in [0.4, 0.5) is 5.69 Å². The van der Waals surface area contributed by atoms with Crippen LogP contribution in [0.1, 0.15) is 24.3 Å². The number of aromatic nitrogens is 2. The Bertz CT molecular complexity index is 443. The van der Waals surface area contributed by atoms with E-state index in [2.05, 4.69) is 15.1 Å². The Hall–Kier alpha value is -1.60. The third kappa shape index (κ3) is 3.45. The number of nitrogen functional groups attached to an aromatic ring is 1. The average Bonchev–Trinajstić information content (AvgIpc) is 2.73.